The fraction of sp³-hybridized carbons (Fsp3) is 0.875. The zero-order valence-corrected chi connectivity index (χ0v) is 13.9. The SMILES string of the molecule is CCN(CC)CCNC(=O)C1CCCN(C(=O)NC2CC2)C1. The number of urea groups is 1. The average Bonchev–Trinajstić information content (AvgIpc) is 3.35. The maximum Gasteiger partial charge on any atom is 0.317 e. The molecule has 1 unspecified atom stereocenters. The Morgan fingerprint density at radius 3 is 2.55 bits per heavy atom. The van der Waals surface area contributed by atoms with E-state index in [1.807, 2.05) is 0 Å². The van der Waals surface area contributed by atoms with Gasteiger partial charge in [-0.15, -0.1) is 0 Å². The van der Waals surface area contributed by atoms with Crippen molar-refractivity contribution in [3.63, 3.8) is 0 Å². The molecule has 2 fully saturated rings. The number of piperidine rings is 1. The molecule has 1 atom stereocenters. The Hall–Kier alpha value is -1.30. The van der Waals surface area contributed by atoms with E-state index in [4.69, 9.17) is 0 Å². The van der Waals surface area contributed by atoms with Gasteiger partial charge in [0.25, 0.3) is 0 Å². The summed E-state index contributed by atoms with van der Waals surface area (Å²) in [5, 5.41) is 6.03. The summed E-state index contributed by atoms with van der Waals surface area (Å²) >= 11 is 0. The minimum absolute atomic E-state index is 0.00291. The Balaban J connectivity index is 1.71. The maximum atomic E-state index is 12.3. The van der Waals surface area contributed by atoms with Crippen LogP contribution in [0.25, 0.3) is 0 Å². The largest absolute Gasteiger partial charge is 0.355 e. The van der Waals surface area contributed by atoms with E-state index >= 15 is 0 Å². The second kappa shape index (κ2) is 8.36. The first-order valence-electron chi connectivity index (χ1n) is 8.69. The highest BCUT2D eigenvalue weighted by Gasteiger charge is 2.31. The van der Waals surface area contributed by atoms with Crippen molar-refractivity contribution < 1.29 is 9.59 Å². The van der Waals surface area contributed by atoms with Crippen molar-refractivity contribution in [3.8, 4) is 0 Å². The van der Waals surface area contributed by atoms with E-state index in [1.165, 1.54) is 0 Å². The number of likely N-dealkylation sites (N-methyl/N-ethyl adjacent to an activating group) is 1. The molecule has 3 amide bonds. The molecule has 22 heavy (non-hydrogen) atoms. The minimum atomic E-state index is -0.0598. The third-order valence-electron chi connectivity index (χ3n) is 4.61. The van der Waals surface area contributed by atoms with Gasteiger partial charge in [0.1, 0.15) is 0 Å². The molecule has 6 nitrogen and oxygen atoms in total. The predicted molar refractivity (Wildman–Crippen MR) is 86.6 cm³/mol. The number of nitrogens with zero attached hydrogens (tertiary/aromatic N) is 2. The van der Waals surface area contributed by atoms with Crippen LogP contribution in [-0.2, 0) is 4.79 Å². The van der Waals surface area contributed by atoms with Crippen LogP contribution in [0.1, 0.15) is 39.5 Å². The molecular formula is C16H30N4O2. The quantitative estimate of drug-likeness (QED) is 0.738. The molecule has 0 aromatic heterocycles. The number of amides is 3. The van der Waals surface area contributed by atoms with Gasteiger partial charge in [0.05, 0.1) is 5.92 Å². The highest BCUT2D eigenvalue weighted by atomic mass is 16.2. The first-order chi connectivity index (χ1) is 10.6. The van der Waals surface area contributed by atoms with Crippen molar-refractivity contribution in [1.82, 2.24) is 20.4 Å². The van der Waals surface area contributed by atoms with E-state index in [0.29, 0.717) is 19.1 Å². The number of hydrogen-bond donors (Lipinski definition) is 2. The normalized spacial score (nSPS) is 21.8. The van der Waals surface area contributed by atoms with Crippen LogP contribution in [0.2, 0.25) is 0 Å². The third kappa shape index (κ3) is 5.16. The van der Waals surface area contributed by atoms with Gasteiger partial charge in [-0.05, 0) is 38.8 Å². The number of carbonyl (C=O) groups is 2. The van der Waals surface area contributed by atoms with Crippen LogP contribution in [0.3, 0.4) is 0 Å². The van der Waals surface area contributed by atoms with E-state index in [9.17, 15) is 9.59 Å². The predicted octanol–water partition coefficient (Wildman–Crippen LogP) is 1.03. The fourth-order valence-corrected chi connectivity index (χ4v) is 2.89. The van der Waals surface area contributed by atoms with E-state index in [1.54, 1.807) is 4.90 Å². The van der Waals surface area contributed by atoms with Crippen LogP contribution in [0.5, 0.6) is 0 Å². The lowest BCUT2D eigenvalue weighted by Crippen LogP contribution is -2.49. The van der Waals surface area contributed by atoms with Gasteiger partial charge in [-0.2, -0.15) is 0 Å². The first kappa shape index (κ1) is 17.1. The van der Waals surface area contributed by atoms with Crippen molar-refractivity contribution in [2.75, 3.05) is 39.3 Å². The molecule has 1 saturated heterocycles. The molecule has 0 radical (unpaired) electrons. The molecule has 1 aliphatic carbocycles. The van der Waals surface area contributed by atoms with Gasteiger partial charge in [0, 0.05) is 32.2 Å². The molecule has 0 aromatic rings. The second-order valence-electron chi connectivity index (χ2n) is 6.33. The molecule has 2 rings (SSSR count). The smallest absolute Gasteiger partial charge is 0.317 e. The van der Waals surface area contributed by atoms with Gasteiger partial charge in [-0.1, -0.05) is 13.8 Å². The lowest BCUT2D eigenvalue weighted by atomic mass is 9.97. The van der Waals surface area contributed by atoms with Crippen LogP contribution < -0.4 is 10.6 Å². The first-order valence-corrected chi connectivity index (χ1v) is 8.69. The number of carbonyl (C=O) groups excluding carboxylic acids is 2. The summed E-state index contributed by atoms with van der Waals surface area (Å²) in [6.45, 7) is 9.15. The Morgan fingerprint density at radius 1 is 1.18 bits per heavy atom. The molecule has 6 heteroatoms. The summed E-state index contributed by atoms with van der Waals surface area (Å²) in [5.41, 5.74) is 0. The van der Waals surface area contributed by atoms with Gasteiger partial charge in [0.2, 0.25) is 5.91 Å². The number of likely N-dealkylation sites (tertiary alicyclic amines) is 1. The third-order valence-corrected chi connectivity index (χ3v) is 4.61. The molecule has 1 aliphatic heterocycles. The molecule has 0 spiro atoms. The van der Waals surface area contributed by atoms with Crippen molar-refractivity contribution in [1.29, 1.82) is 0 Å². The van der Waals surface area contributed by atoms with Crippen LogP contribution in [0.4, 0.5) is 4.79 Å². The zero-order valence-electron chi connectivity index (χ0n) is 13.9. The molecule has 126 valence electrons. The second-order valence-corrected chi connectivity index (χ2v) is 6.33. The van der Waals surface area contributed by atoms with Crippen molar-refractivity contribution in [3.05, 3.63) is 0 Å². The molecule has 1 saturated carbocycles. The summed E-state index contributed by atoms with van der Waals surface area (Å²) in [5.74, 6) is 0.0338. The van der Waals surface area contributed by atoms with Gasteiger partial charge in [-0.3, -0.25) is 4.79 Å². The lowest BCUT2D eigenvalue weighted by Gasteiger charge is -2.32. The monoisotopic (exact) mass is 310 g/mol. The van der Waals surface area contributed by atoms with E-state index in [2.05, 4.69) is 29.4 Å². The van der Waals surface area contributed by atoms with E-state index in [0.717, 1.165) is 51.9 Å². The molecule has 1 heterocycles. The summed E-state index contributed by atoms with van der Waals surface area (Å²) in [6.07, 6.45) is 3.97. The summed E-state index contributed by atoms with van der Waals surface area (Å²) in [7, 11) is 0. The van der Waals surface area contributed by atoms with Crippen LogP contribution in [0.15, 0.2) is 0 Å². The van der Waals surface area contributed by atoms with Crippen molar-refractivity contribution in [2.45, 2.75) is 45.6 Å². The maximum absolute atomic E-state index is 12.3. The topological polar surface area (TPSA) is 64.7 Å². The van der Waals surface area contributed by atoms with E-state index in [-0.39, 0.29) is 17.9 Å². The van der Waals surface area contributed by atoms with Crippen LogP contribution in [0, 0.1) is 5.92 Å². The molecule has 0 bridgehead atoms. The van der Waals surface area contributed by atoms with E-state index < -0.39 is 0 Å². The Labute approximate surface area is 133 Å². The zero-order chi connectivity index (χ0) is 15.9. The fourth-order valence-electron chi connectivity index (χ4n) is 2.89. The van der Waals surface area contributed by atoms with Gasteiger partial charge >= 0.3 is 6.03 Å². The molecule has 2 aliphatic rings. The van der Waals surface area contributed by atoms with Gasteiger partial charge in [-0.25, -0.2) is 4.79 Å². The van der Waals surface area contributed by atoms with Crippen LogP contribution in [-0.4, -0.2) is 67.0 Å². The Morgan fingerprint density at radius 2 is 1.91 bits per heavy atom. The number of nitrogens with one attached hydrogen (secondary N) is 2. The number of hydrogen-bond acceptors (Lipinski definition) is 3. The highest BCUT2D eigenvalue weighted by Crippen LogP contribution is 2.21. The Bertz CT molecular complexity index is 380. The lowest BCUT2D eigenvalue weighted by molar-refractivity contribution is -0.126. The van der Waals surface area contributed by atoms with Crippen molar-refractivity contribution >= 4 is 11.9 Å². The van der Waals surface area contributed by atoms with Crippen molar-refractivity contribution in [2.24, 2.45) is 5.92 Å². The number of rotatable bonds is 7. The summed E-state index contributed by atoms with van der Waals surface area (Å²) in [6, 6.07) is 0.374. The highest BCUT2D eigenvalue weighted by molar-refractivity contribution is 5.81. The minimum Gasteiger partial charge on any atom is -0.355 e. The van der Waals surface area contributed by atoms with Crippen LogP contribution >= 0.6 is 0 Å². The molecule has 0 aromatic carbocycles. The van der Waals surface area contributed by atoms with Gasteiger partial charge in [0.15, 0.2) is 0 Å². The Kier molecular flexibility index (Phi) is 6.49. The molecular weight excluding hydrogens is 280 g/mol. The average molecular weight is 310 g/mol. The summed E-state index contributed by atoms with van der Waals surface area (Å²) < 4.78 is 0. The summed E-state index contributed by atoms with van der Waals surface area (Å²) in [4.78, 5) is 28.4. The van der Waals surface area contributed by atoms with Gasteiger partial charge < -0.3 is 20.4 Å². The standard InChI is InChI=1S/C16H30N4O2/c1-3-19(4-2)11-9-17-15(21)13-6-5-10-20(12-13)16(22)18-14-7-8-14/h13-14H,3-12H2,1-2H3,(H,17,21)(H,18,22). The molecule has 2 N–H and O–H groups in total.